The molecule has 7 heteroatoms. The number of amides is 1. The van der Waals surface area contributed by atoms with Gasteiger partial charge in [0.25, 0.3) is 5.91 Å². The number of nitrogens with zero attached hydrogens (tertiary/aromatic N) is 1. The Morgan fingerprint density at radius 1 is 1.00 bits per heavy atom. The highest BCUT2D eigenvalue weighted by molar-refractivity contribution is 9.10. The lowest BCUT2D eigenvalue weighted by Crippen LogP contribution is -2.18. The predicted octanol–water partition coefficient (Wildman–Crippen LogP) is 6.71. The van der Waals surface area contributed by atoms with Crippen LogP contribution in [-0.4, -0.2) is 12.1 Å². The van der Waals surface area contributed by atoms with Crippen LogP contribution in [0, 0.1) is 0 Å². The van der Waals surface area contributed by atoms with E-state index in [-0.39, 0.29) is 6.61 Å². The first-order valence-corrected chi connectivity index (χ1v) is 10.9. The average Bonchev–Trinajstić information content (AvgIpc) is 3.28. The molecule has 0 saturated carbocycles. The average molecular weight is 510 g/mol. The number of carbonyl (C=O) groups excluding carboxylic acids is 1. The van der Waals surface area contributed by atoms with Gasteiger partial charge in [0, 0.05) is 20.6 Å². The number of hydrogen-bond donors (Lipinski definition) is 1. The topological polar surface area (TPSA) is 63.8 Å². The van der Waals surface area contributed by atoms with Crippen molar-refractivity contribution >= 4 is 39.7 Å². The molecule has 32 heavy (non-hydrogen) atoms. The largest absolute Gasteiger partial charge is 0.488 e. The maximum atomic E-state index is 12.6. The van der Waals surface area contributed by atoms with Crippen LogP contribution in [0.2, 0.25) is 5.02 Å². The summed E-state index contributed by atoms with van der Waals surface area (Å²) in [6, 6.07) is 25.8. The maximum Gasteiger partial charge on any atom is 0.275 e. The number of para-hydroxylation sites is 1. The molecule has 0 saturated heterocycles. The van der Waals surface area contributed by atoms with Gasteiger partial charge in [0.15, 0.2) is 0 Å². The molecular formula is C25H18BrClN2O3. The van der Waals surface area contributed by atoms with E-state index in [2.05, 4.69) is 26.5 Å². The summed E-state index contributed by atoms with van der Waals surface area (Å²) in [6.45, 7) is 0.248. The highest BCUT2D eigenvalue weighted by Crippen LogP contribution is 2.24. The molecule has 160 valence electrons. The minimum absolute atomic E-state index is 0.248. The van der Waals surface area contributed by atoms with Gasteiger partial charge >= 0.3 is 0 Å². The first-order valence-electron chi connectivity index (χ1n) is 9.74. The van der Waals surface area contributed by atoms with E-state index in [1.807, 2.05) is 48.5 Å². The number of furan rings is 1. The van der Waals surface area contributed by atoms with Crippen molar-refractivity contribution in [2.75, 3.05) is 0 Å². The fourth-order valence-electron chi connectivity index (χ4n) is 2.96. The zero-order valence-corrected chi connectivity index (χ0v) is 19.1. The zero-order chi connectivity index (χ0) is 22.3. The minimum Gasteiger partial charge on any atom is -0.488 e. The molecule has 1 amide bonds. The van der Waals surface area contributed by atoms with Crippen LogP contribution in [0.5, 0.6) is 5.75 Å². The molecular weight excluding hydrogens is 492 g/mol. The fraction of sp³-hybridized carbons (Fsp3) is 0.0400. The molecule has 4 rings (SSSR count). The minimum atomic E-state index is -0.393. The maximum absolute atomic E-state index is 12.6. The number of ether oxygens (including phenoxy) is 1. The zero-order valence-electron chi connectivity index (χ0n) is 16.8. The molecule has 0 atom stereocenters. The number of nitrogens with one attached hydrogen (secondary N) is 1. The van der Waals surface area contributed by atoms with Crippen molar-refractivity contribution in [2.45, 2.75) is 6.61 Å². The third kappa shape index (κ3) is 5.46. The third-order valence-electron chi connectivity index (χ3n) is 4.59. The number of hydrogen-bond acceptors (Lipinski definition) is 4. The molecule has 3 aromatic carbocycles. The molecule has 0 unspecified atom stereocenters. The van der Waals surface area contributed by atoms with Crippen LogP contribution in [-0.2, 0) is 6.61 Å². The molecule has 0 bridgehead atoms. The van der Waals surface area contributed by atoms with Crippen molar-refractivity contribution < 1.29 is 13.9 Å². The summed E-state index contributed by atoms with van der Waals surface area (Å²) in [4.78, 5) is 12.6. The summed E-state index contributed by atoms with van der Waals surface area (Å²) in [5, 5.41) is 4.62. The first kappa shape index (κ1) is 21.9. The number of rotatable bonds is 7. The normalized spacial score (nSPS) is 10.9. The van der Waals surface area contributed by atoms with Gasteiger partial charge in [-0.2, -0.15) is 5.10 Å². The Balaban J connectivity index is 1.40. The van der Waals surface area contributed by atoms with E-state index in [0.717, 1.165) is 15.6 Å². The van der Waals surface area contributed by atoms with E-state index < -0.39 is 5.91 Å². The van der Waals surface area contributed by atoms with Crippen LogP contribution in [0.25, 0.3) is 11.3 Å². The summed E-state index contributed by atoms with van der Waals surface area (Å²) in [7, 11) is 0. The lowest BCUT2D eigenvalue weighted by molar-refractivity contribution is 0.0950. The lowest BCUT2D eigenvalue weighted by Gasteiger charge is -2.11. The second kappa shape index (κ2) is 10.3. The first-order chi connectivity index (χ1) is 15.6. The van der Waals surface area contributed by atoms with Crippen LogP contribution < -0.4 is 10.2 Å². The number of carbonyl (C=O) groups is 1. The summed E-state index contributed by atoms with van der Waals surface area (Å²) in [5.74, 6) is 1.28. The summed E-state index contributed by atoms with van der Waals surface area (Å²) in [6.07, 6.45) is 1.45. The van der Waals surface area contributed by atoms with E-state index in [9.17, 15) is 4.79 Å². The molecule has 0 fully saturated rings. The Kier molecular flexibility index (Phi) is 7.04. The van der Waals surface area contributed by atoms with Crippen molar-refractivity contribution in [3.63, 3.8) is 0 Å². The Bertz CT molecular complexity index is 1250. The van der Waals surface area contributed by atoms with Crippen molar-refractivity contribution in [2.24, 2.45) is 5.10 Å². The van der Waals surface area contributed by atoms with Crippen molar-refractivity contribution in [1.82, 2.24) is 5.43 Å². The highest BCUT2D eigenvalue weighted by Gasteiger charge is 2.12. The molecule has 1 aromatic heterocycles. The van der Waals surface area contributed by atoms with E-state index in [1.54, 1.807) is 36.4 Å². The molecule has 0 aliphatic rings. The summed E-state index contributed by atoms with van der Waals surface area (Å²) < 4.78 is 12.6. The molecule has 0 aliphatic carbocycles. The second-order valence-corrected chi connectivity index (χ2v) is 8.11. The van der Waals surface area contributed by atoms with E-state index in [4.69, 9.17) is 20.8 Å². The van der Waals surface area contributed by atoms with E-state index >= 15 is 0 Å². The lowest BCUT2D eigenvalue weighted by atomic mass is 10.2. The van der Waals surface area contributed by atoms with Crippen molar-refractivity contribution in [1.29, 1.82) is 0 Å². The van der Waals surface area contributed by atoms with E-state index in [1.165, 1.54) is 6.21 Å². The standard InChI is InChI=1S/C25H18BrClN2O3/c26-19-11-9-17(10-12-19)23-14-13-20(32-23)15-28-29-25(30)21-6-2-4-8-24(21)31-16-18-5-1-3-7-22(18)27/h1-15H,16H2,(H,29,30)/b28-15+. The highest BCUT2D eigenvalue weighted by atomic mass is 79.9. The van der Waals surface area contributed by atoms with Gasteiger partial charge in [-0.05, 0) is 42.5 Å². The van der Waals surface area contributed by atoms with Crippen LogP contribution in [0.15, 0.2) is 98.9 Å². The quantitative estimate of drug-likeness (QED) is 0.223. The van der Waals surface area contributed by atoms with Gasteiger partial charge < -0.3 is 9.15 Å². The molecule has 0 spiro atoms. The molecule has 1 N–H and O–H groups in total. The Morgan fingerprint density at radius 3 is 2.56 bits per heavy atom. The Labute approximate surface area is 198 Å². The summed E-state index contributed by atoms with van der Waals surface area (Å²) in [5.41, 5.74) is 4.66. The smallest absolute Gasteiger partial charge is 0.275 e. The number of benzene rings is 3. The van der Waals surface area contributed by atoms with Gasteiger partial charge in [-0.15, -0.1) is 0 Å². The van der Waals surface area contributed by atoms with E-state index in [0.29, 0.717) is 27.9 Å². The van der Waals surface area contributed by atoms with Gasteiger partial charge in [0.2, 0.25) is 0 Å². The fourth-order valence-corrected chi connectivity index (χ4v) is 3.41. The molecule has 1 heterocycles. The van der Waals surface area contributed by atoms with Crippen molar-refractivity contribution in [3.05, 3.63) is 111 Å². The van der Waals surface area contributed by atoms with Gasteiger partial charge in [-0.3, -0.25) is 4.79 Å². The SMILES string of the molecule is O=C(N/N=C/c1ccc(-c2ccc(Br)cc2)o1)c1ccccc1OCc1ccccc1Cl. The van der Waals surface area contributed by atoms with Crippen LogP contribution >= 0.6 is 27.5 Å². The third-order valence-corrected chi connectivity index (χ3v) is 5.48. The Hall–Kier alpha value is -3.35. The molecule has 4 aromatic rings. The number of halogens is 2. The monoisotopic (exact) mass is 508 g/mol. The van der Waals surface area contributed by atoms with Gasteiger partial charge in [0.05, 0.1) is 11.8 Å². The van der Waals surface area contributed by atoms with Crippen LogP contribution in [0.1, 0.15) is 21.7 Å². The number of hydrazone groups is 1. The second-order valence-electron chi connectivity index (χ2n) is 6.78. The molecule has 5 nitrogen and oxygen atoms in total. The van der Waals surface area contributed by atoms with Crippen molar-refractivity contribution in [3.8, 4) is 17.1 Å². The van der Waals surface area contributed by atoms with Gasteiger partial charge in [0.1, 0.15) is 23.9 Å². The molecule has 0 aliphatic heterocycles. The summed E-state index contributed by atoms with van der Waals surface area (Å²) >= 11 is 9.59. The Morgan fingerprint density at radius 2 is 1.75 bits per heavy atom. The molecule has 0 radical (unpaired) electrons. The van der Waals surface area contributed by atoms with Gasteiger partial charge in [-0.1, -0.05) is 70.0 Å². The van der Waals surface area contributed by atoms with Crippen LogP contribution in [0.4, 0.5) is 0 Å². The van der Waals surface area contributed by atoms with Gasteiger partial charge in [-0.25, -0.2) is 5.43 Å². The predicted molar refractivity (Wildman–Crippen MR) is 129 cm³/mol. The van der Waals surface area contributed by atoms with Crippen LogP contribution in [0.3, 0.4) is 0 Å².